The maximum Gasteiger partial charge on any atom is 0.255 e. The fraction of sp³-hybridized carbons (Fsp3) is 0.619. The Morgan fingerprint density at radius 2 is 2.15 bits per heavy atom. The Morgan fingerprint density at radius 3 is 2.89 bits per heavy atom. The first-order valence-electron chi connectivity index (χ1n) is 10.1. The third-order valence-electron chi connectivity index (χ3n) is 5.77. The predicted molar refractivity (Wildman–Crippen MR) is 107 cm³/mol. The summed E-state index contributed by atoms with van der Waals surface area (Å²) in [6.07, 6.45) is 5.19. The number of hydrogen-bond donors (Lipinski definition) is 1. The van der Waals surface area contributed by atoms with Gasteiger partial charge in [-0.25, -0.2) is 0 Å². The molecular weight excluding hydrogens is 338 g/mol. The van der Waals surface area contributed by atoms with Gasteiger partial charge < -0.3 is 9.88 Å². The zero-order valence-electron chi connectivity index (χ0n) is 16.7. The van der Waals surface area contributed by atoms with Gasteiger partial charge in [0.2, 0.25) is 0 Å². The van der Waals surface area contributed by atoms with Crippen molar-refractivity contribution in [2.24, 2.45) is 18.9 Å². The molecule has 1 fully saturated rings. The second kappa shape index (κ2) is 7.60. The molecule has 2 aromatic heterocycles. The fourth-order valence-electron chi connectivity index (χ4n) is 4.71. The molecule has 0 radical (unpaired) electrons. The first-order valence-corrected chi connectivity index (χ1v) is 10.1. The Kier molecular flexibility index (Phi) is 5.19. The molecule has 0 amide bonds. The molecule has 2 atom stereocenters. The summed E-state index contributed by atoms with van der Waals surface area (Å²) in [5, 5.41) is 7.80. The highest BCUT2D eigenvalue weighted by Crippen LogP contribution is 2.31. The molecule has 2 aliphatic rings. The Bertz CT molecular complexity index is 852. The Hall–Kier alpha value is -1.92. The lowest BCUT2D eigenvalue weighted by Gasteiger charge is -2.37. The Balaban J connectivity index is 1.58. The molecule has 2 bridgehead atoms. The Labute approximate surface area is 161 Å². The second-order valence-corrected chi connectivity index (χ2v) is 8.74. The van der Waals surface area contributed by atoms with Crippen molar-refractivity contribution in [1.82, 2.24) is 24.6 Å². The van der Waals surface area contributed by atoms with Gasteiger partial charge in [-0.2, -0.15) is 5.10 Å². The van der Waals surface area contributed by atoms with Crippen LogP contribution in [0.4, 0.5) is 0 Å². The summed E-state index contributed by atoms with van der Waals surface area (Å²) >= 11 is 0. The number of rotatable bonds is 6. The average Bonchev–Trinajstić information content (AvgIpc) is 3.02. The van der Waals surface area contributed by atoms with E-state index in [1.54, 1.807) is 0 Å². The van der Waals surface area contributed by atoms with E-state index >= 15 is 0 Å². The Morgan fingerprint density at radius 1 is 1.30 bits per heavy atom. The SMILES string of the molecule is CC(C)CN(Cc1cnn(C)c1)Cc1ccc2n(c1=O)C[C@@H]1CNC[C@H]2C1. The van der Waals surface area contributed by atoms with E-state index in [9.17, 15) is 4.79 Å². The standard InChI is InChI=1S/C21H31N5O/c1-15(2)10-25(12-17-8-23-24(3)11-17)14-18-4-5-20-19-6-16(7-22-9-19)13-26(20)21(18)27/h4-5,8,11,15-16,19,22H,6-7,9-10,12-14H2,1-3H3/t16-,19+/m0/s1. The van der Waals surface area contributed by atoms with Gasteiger partial charge >= 0.3 is 0 Å². The quantitative estimate of drug-likeness (QED) is 0.846. The minimum absolute atomic E-state index is 0.212. The van der Waals surface area contributed by atoms with Crippen LogP contribution in [0, 0.1) is 11.8 Å². The van der Waals surface area contributed by atoms with Gasteiger partial charge in [0.25, 0.3) is 5.56 Å². The minimum atomic E-state index is 0.212. The third-order valence-corrected chi connectivity index (χ3v) is 5.77. The molecule has 0 saturated carbocycles. The number of nitrogens with one attached hydrogen (secondary N) is 1. The van der Waals surface area contributed by atoms with E-state index in [-0.39, 0.29) is 5.56 Å². The lowest BCUT2D eigenvalue weighted by Crippen LogP contribution is -2.45. The van der Waals surface area contributed by atoms with Crippen LogP contribution in [0.2, 0.25) is 0 Å². The number of pyridine rings is 1. The third kappa shape index (κ3) is 4.01. The number of hydrogen-bond acceptors (Lipinski definition) is 4. The largest absolute Gasteiger partial charge is 0.316 e. The van der Waals surface area contributed by atoms with Crippen molar-refractivity contribution in [3.8, 4) is 0 Å². The number of aromatic nitrogens is 3. The molecule has 6 heteroatoms. The van der Waals surface area contributed by atoms with E-state index in [2.05, 4.69) is 52.1 Å². The molecule has 27 heavy (non-hydrogen) atoms. The van der Waals surface area contributed by atoms with Gasteiger partial charge in [-0.05, 0) is 30.9 Å². The molecule has 0 aromatic carbocycles. The van der Waals surface area contributed by atoms with Gasteiger partial charge in [-0.1, -0.05) is 19.9 Å². The molecule has 4 rings (SSSR count). The summed E-state index contributed by atoms with van der Waals surface area (Å²) in [5.74, 6) is 1.63. The summed E-state index contributed by atoms with van der Waals surface area (Å²) < 4.78 is 3.90. The molecule has 146 valence electrons. The summed E-state index contributed by atoms with van der Waals surface area (Å²) in [5.41, 5.74) is 3.53. The van der Waals surface area contributed by atoms with E-state index in [0.29, 0.717) is 24.3 Å². The van der Waals surface area contributed by atoms with Gasteiger partial charge in [-0.3, -0.25) is 14.4 Å². The van der Waals surface area contributed by atoms with Crippen LogP contribution >= 0.6 is 0 Å². The van der Waals surface area contributed by atoms with Crippen LogP contribution in [0.1, 0.15) is 43.0 Å². The van der Waals surface area contributed by atoms with E-state index < -0.39 is 0 Å². The molecule has 4 heterocycles. The highest BCUT2D eigenvalue weighted by atomic mass is 16.1. The molecule has 1 N–H and O–H groups in total. The maximum absolute atomic E-state index is 13.2. The van der Waals surface area contributed by atoms with E-state index in [1.807, 2.05) is 17.9 Å². The molecular formula is C21H31N5O. The normalized spacial score (nSPS) is 21.7. The van der Waals surface area contributed by atoms with Crippen molar-refractivity contribution >= 4 is 0 Å². The summed E-state index contributed by atoms with van der Waals surface area (Å²) in [6, 6.07) is 4.27. The monoisotopic (exact) mass is 369 g/mol. The number of aryl methyl sites for hydroxylation is 1. The van der Waals surface area contributed by atoms with Crippen LogP contribution in [0.3, 0.4) is 0 Å². The van der Waals surface area contributed by atoms with Crippen LogP contribution in [-0.4, -0.2) is 38.9 Å². The van der Waals surface area contributed by atoms with Crippen molar-refractivity contribution in [1.29, 1.82) is 0 Å². The van der Waals surface area contributed by atoms with Crippen LogP contribution in [0.15, 0.2) is 29.3 Å². The maximum atomic E-state index is 13.2. The second-order valence-electron chi connectivity index (χ2n) is 8.74. The zero-order chi connectivity index (χ0) is 19.0. The van der Waals surface area contributed by atoms with E-state index in [1.165, 1.54) is 17.7 Å². The van der Waals surface area contributed by atoms with Crippen molar-refractivity contribution in [2.45, 2.75) is 45.8 Å². The van der Waals surface area contributed by atoms with Gasteiger partial charge in [0.05, 0.1) is 6.20 Å². The van der Waals surface area contributed by atoms with Gasteiger partial charge in [0, 0.05) is 68.7 Å². The van der Waals surface area contributed by atoms with Crippen molar-refractivity contribution in [3.05, 3.63) is 51.7 Å². The summed E-state index contributed by atoms with van der Waals surface area (Å²) in [4.78, 5) is 15.6. The van der Waals surface area contributed by atoms with Crippen LogP contribution in [0.25, 0.3) is 0 Å². The highest BCUT2D eigenvalue weighted by Gasteiger charge is 2.31. The highest BCUT2D eigenvalue weighted by molar-refractivity contribution is 5.22. The molecule has 1 saturated heterocycles. The smallest absolute Gasteiger partial charge is 0.255 e. The molecule has 0 aliphatic carbocycles. The molecule has 0 spiro atoms. The molecule has 0 unspecified atom stereocenters. The lowest BCUT2D eigenvalue weighted by atomic mass is 9.84. The van der Waals surface area contributed by atoms with Crippen LogP contribution in [0.5, 0.6) is 0 Å². The van der Waals surface area contributed by atoms with Crippen molar-refractivity contribution in [2.75, 3.05) is 19.6 Å². The minimum Gasteiger partial charge on any atom is -0.316 e. The van der Waals surface area contributed by atoms with Gasteiger partial charge in [-0.15, -0.1) is 0 Å². The summed E-state index contributed by atoms with van der Waals surface area (Å²) in [7, 11) is 1.94. The fourth-order valence-corrected chi connectivity index (χ4v) is 4.71. The van der Waals surface area contributed by atoms with Crippen molar-refractivity contribution < 1.29 is 0 Å². The topological polar surface area (TPSA) is 55.1 Å². The van der Waals surface area contributed by atoms with Gasteiger partial charge in [0.1, 0.15) is 0 Å². The van der Waals surface area contributed by atoms with Crippen LogP contribution in [-0.2, 0) is 26.7 Å². The molecule has 6 nitrogen and oxygen atoms in total. The van der Waals surface area contributed by atoms with Crippen molar-refractivity contribution in [3.63, 3.8) is 0 Å². The number of nitrogens with zero attached hydrogens (tertiary/aromatic N) is 4. The zero-order valence-corrected chi connectivity index (χ0v) is 16.7. The molecule has 2 aromatic rings. The van der Waals surface area contributed by atoms with Gasteiger partial charge in [0.15, 0.2) is 0 Å². The van der Waals surface area contributed by atoms with E-state index in [0.717, 1.165) is 38.3 Å². The lowest BCUT2D eigenvalue weighted by molar-refractivity contribution is 0.223. The summed E-state index contributed by atoms with van der Waals surface area (Å²) in [6.45, 7) is 9.82. The first kappa shape index (κ1) is 18.4. The first-order chi connectivity index (χ1) is 13.0. The van der Waals surface area contributed by atoms with E-state index in [4.69, 9.17) is 0 Å². The number of piperidine rings is 1. The number of fused-ring (bicyclic) bond motifs is 4. The average molecular weight is 370 g/mol. The van der Waals surface area contributed by atoms with Crippen LogP contribution < -0.4 is 10.9 Å². The molecule has 2 aliphatic heterocycles. The predicted octanol–water partition coefficient (Wildman–Crippen LogP) is 1.95.